The third-order valence-corrected chi connectivity index (χ3v) is 3.29. The fourth-order valence-electron chi connectivity index (χ4n) is 1.82. The summed E-state index contributed by atoms with van der Waals surface area (Å²) >= 11 is 3.51. The molecule has 0 aliphatic heterocycles. The molecule has 3 nitrogen and oxygen atoms in total. The zero-order valence-corrected chi connectivity index (χ0v) is 11.8. The summed E-state index contributed by atoms with van der Waals surface area (Å²) in [5.41, 5.74) is 8.03. The number of hydrogen-bond acceptors (Lipinski definition) is 3. The summed E-state index contributed by atoms with van der Waals surface area (Å²) in [7, 11) is 0. The summed E-state index contributed by atoms with van der Waals surface area (Å²) in [6, 6.07) is 4.43. The number of nitrogens with two attached hydrogens (primary N) is 1. The smallest absolute Gasteiger partial charge is 0.134 e. The van der Waals surface area contributed by atoms with Crippen molar-refractivity contribution in [2.45, 2.75) is 26.8 Å². The molecule has 2 rings (SSSR count). The molecule has 0 fully saturated rings. The van der Waals surface area contributed by atoms with Gasteiger partial charge in [0.15, 0.2) is 0 Å². The molecule has 2 aromatic rings. The molecule has 1 heterocycles. The van der Waals surface area contributed by atoms with E-state index in [-0.39, 0.29) is 0 Å². The van der Waals surface area contributed by atoms with E-state index in [1.165, 1.54) is 0 Å². The van der Waals surface area contributed by atoms with Gasteiger partial charge in [-0.25, -0.2) is 4.98 Å². The lowest BCUT2D eigenvalue weighted by Crippen LogP contribution is -2.11. The monoisotopic (exact) mass is 293 g/mol. The maximum atomic E-state index is 6.13. The lowest BCUT2D eigenvalue weighted by Gasteiger charge is -2.14. The van der Waals surface area contributed by atoms with Crippen molar-refractivity contribution in [1.29, 1.82) is 0 Å². The molecule has 0 bridgehead atoms. The third-order valence-electron chi connectivity index (χ3n) is 2.69. The molecule has 0 amide bonds. The maximum absolute atomic E-state index is 6.13. The van der Waals surface area contributed by atoms with Gasteiger partial charge in [-0.3, -0.25) is 0 Å². The Bertz CT molecular complexity index is 564. The van der Waals surface area contributed by atoms with E-state index in [0.717, 1.165) is 32.3 Å². The first-order valence-electron chi connectivity index (χ1n) is 5.60. The number of aryl methyl sites for hydroxylation is 1. The molecule has 0 unspecified atom stereocenters. The molecule has 17 heavy (non-hydrogen) atoms. The summed E-state index contributed by atoms with van der Waals surface area (Å²) in [4.78, 5) is 4.40. The van der Waals surface area contributed by atoms with E-state index < -0.39 is 0 Å². The predicted molar refractivity (Wildman–Crippen MR) is 77.4 cm³/mol. The highest BCUT2D eigenvalue weighted by molar-refractivity contribution is 9.10. The molecule has 0 saturated carbocycles. The Balaban J connectivity index is 2.74. The van der Waals surface area contributed by atoms with Gasteiger partial charge in [-0.1, -0.05) is 12.1 Å². The van der Waals surface area contributed by atoms with Gasteiger partial charge in [0.05, 0.1) is 0 Å². The van der Waals surface area contributed by atoms with Gasteiger partial charge in [-0.15, -0.1) is 0 Å². The van der Waals surface area contributed by atoms with E-state index in [4.69, 9.17) is 5.73 Å². The molecule has 0 atom stereocenters. The highest BCUT2D eigenvalue weighted by atomic mass is 79.9. The number of nitrogen functional groups attached to an aromatic ring is 1. The molecule has 0 saturated heterocycles. The normalized spacial score (nSPS) is 11.1. The summed E-state index contributed by atoms with van der Waals surface area (Å²) in [5, 5.41) is 5.42. The lowest BCUT2D eigenvalue weighted by atomic mass is 10.1. The average molecular weight is 294 g/mol. The number of fused-ring (bicyclic) bond motifs is 1. The molecule has 90 valence electrons. The van der Waals surface area contributed by atoms with Crippen LogP contribution >= 0.6 is 15.9 Å². The Morgan fingerprint density at radius 1 is 1.35 bits per heavy atom. The van der Waals surface area contributed by atoms with Crippen LogP contribution in [0.1, 0.15) is 19.4 Å². The van der Waals surface area contributed by atoms with Gasteiger partial charge in [0.2, 0.25) is 0 Å². The summed E-state index contributed by atoms with van der Waals surface area (Å²) < 4.78 is 0.933. The summed E-state index contributed by atoms with van der Waals surface area (Å²) in [5.74, 6) is 0.880. The van der Waals surface area contributed by atoms with Gasteiger partial charge < -0.3 is 11.1 Å². The summed E-state index contributed by atoms with van der Waals surface area (Å²) in [6.45, 7) is 6.19. The highest BCUT2D eigenvalue weighted by Crippen LogP contribution is 2.34. The van der Waals surface area contributed by atoms with Gasteiger partial charge in [-0.05, 0) is 42.3 Å². The number of nitrogens with zero attached hydrogens (tertiary/aromatic N) is 1. The van der Waals surface area contributed by atoms with E-state index in [2.05, 4.69) is 46.1 Å². The standard InChI is InChI=1S/C13H16BrN3/c1-7(2)17-13-9-5-4-8(3)12(15)11(9)10(14)6-16-13/h4-7H,15H2,1-3H3,(H,16,17). The van der Waals surface area contributed by atoms with Crippen molar-refractivity contribution in [1.82, 2.24) is 4.98 Å². The largest absolute Gasteiger partial charge is 0.398 e. The quantitative estimate of drug-likeness (QED) is 0.830. The second-order valence-electron chi connectivity index (χ2n) is 4.47. The average Bonchev–Trinajstić information content (AvgIpc) is 2.26. The number of pyridine rings is 1. The molecule has 0 aliphatic rings. The van der Waals surface area contributed by atoms with E-state index in [9.17, 15) is 0 Å². The molecule has 3 N–H and O–H groups in total. The Kier molecular flexibility index (Phi) is 3.24. The fraction of sp³-hybridized carbons (Fsp3) is 0.308. The fourth-order valence-corrected chi connectivity index (χ4v) is 2.35. The summed E-state index contributed by atoms with van der Waals surface area (Å²) in [6.07, 6.45) is 1.79. The number of anilines is 2. The number of halogens is 1. The van der Waals surface area contributed by atoms with Crippen molar-refractivity contribution < 1.29 is 0 Å². The van der Waals surface area contributed by atoms with Crippen LogP contribution < -0.4 is 11.1 Å². The molecule has 4 heteroatoms. The zero-order chi connectivity index (χ0) is 12.6. The molecule has 0 radical (unpaired) electrons. The molecule has 0 spiro atoms. The maximum Gasteiger partial charge on any atom is 0.134 e. The molecule has 1 aromatic carbocycles. The molecule has 0 aliphatic carbocycles. The van der Waals surface area contributed by atoms with E-state index >= 15 is 0 Å². The van der Waals surface area contributed by atoms with Crippen molar-refractivity contribution in [2.24, 2.45) is 0 Å². The van der Waals surface area contributed by atoms with Crippen LogP contribution in [-0.2, 0) is 0 Å². The second kappa shape index (κ2) is 4.53. The van der Waals surface area contributed by atoms with Crippen LogP contribution in [0.3, 0.4) is 0 Å². The van der Waals surface area contributed by atoms with E-state index in [1.807, 2.05) is 13.0 Å². The van der Waals surface area contributed by atoms with Crippen LogP contribution in [0, 0.1) is 6.92 Å². The van der Waals surface area contributed by atoms with Crippen LogP contribution in [0.15, 0.2) is 22.8 Å². The van der Waals surface area contributed by atoms with Crippen LogP contribution in [0.25, 0.3) is 10.8 Å². The first-order chi connectivity index (χ1) is 8.00. The van der Waals surface area contributed by atoms with Gasteiger partial charge in [0.1, 0.15) is 5.82 Å². The molecule has 1 aromatic heterocycles. The van der Waals surface area contributed by atoms with Gasteiger partial charge in [0, 0.05) is 33.2 Å². The topological polar surface area (TPSA) is 50.9 Å². The van der Waals surface area contributed by atoms with Gasteiger partial charge >= 0.3 is 0 Å². The number of rotatable bonds is 2. The SMILES string of the molecule is Cc1ccc2c(NC(C)C)ncc(Br)c2c1N. The minimum atomic E-state index is 0.342. The van der Waals surface area contributed by atoms with Crippen molar-refractivity contribution in [3.05, 3.63) is 28.4 Å². The number of aromatic nitrogens is 1. The van der Waals surface area contributed by atoms with Gasteiger partial charge in [-0.2, -0.15) is 0 Å². The highest BCUT2D eigenvalue weighted by Gasteiger charge is 2.10. The van der Waals surface area contributed by atoms with Gasteiger partial charge in [0.25, 0.3) is 0 Å². The minimum absolute atomic E-state index is 0.342. The predicted octanol–water partition coefficient (Wildman–Crippen LogP) is 3.71. The third kappa shape index (κ3) is 2.22. The van der Waals surface area contributed by atoms with Crippen LogP contribution in [0.5, 0.6) is 0 Å². The zero-order valence-electron chi connectivity index (χ0n) is 10.2. The van der Waals surface area contributed by atoms with Crippen molar-refractivity contribution in [2.75, 3.05) is 11.1 Å². The van der Waals surface area contributed by atoms with Crippen molar-refractivity contribution in [3.8, 4) is 0 Å². The number of nitrogens with one attached hydrogen (secondary N) is 1. The Hall–Kier alpha value is -1.29. The Labute approximate surface area is 110 Å². The molecular weight excluding hydrogens is 278 g/mol. The van der Waals surface area contributed by atoms with Crippen LogP contribution in [0.2, 0.25) is 0 Å². The minimum Gasteiger partial charge on any atom is -0.398 e. The Morgan fingerprint density at radius 3 is 2.71 bits per heavy atom. The van der Waals surface area contributed by atoms with E-state index in [0.29, 0.717) is 6.04 Å². The van der Waals surface area contributed by atoms with Crippen LogP contribution in [0.4, 0.5) is 11.5 Å². The van der Waals surface area contributed by atoms with Crippen LogP contribution in [-0.4, -0.2) is 11.0 Å². The number of hydrogen-bond donors (Lipinski definition) is 2. The number of benzene rings is 1. The molecular formula is C13H16BrN3. The van der Waals surface area contributed by atoms with Crippen molar-refractivity contribution in [3.63, 3.8) is 0 Å². The Morgan fingerprint density at radius 2 is 2.06 bits per heavy atom. The van der Waals surface area contributed by atoms with Crippen molar-refractivity contribution >= 4 is 38.2 Å². The lowest BCUT2D eigenvalue weighted by molar-refractivity contribution is 0.892. The first kappa shape index (κ1) is 12.2. The van der Waals surface area contributed by atoms with E-state index in [1.54, 1.807) is 6.20 Å². The first-order valence-corrected chi connectivity index (χ1v) is 6.40. The second-order valence-corrected chi connectivity index (χ2v) is 5.33.